The summed E-state index contributed by atoms with van der Waals surface area (Å²) >= 11 is 5.95. The predicted octanol–water partition coefficient (Wildman–Crippen LogP) is 2.34. The van der Waals surface area contributed by atoms with E-state index in [0.29, 0.717) is 12.0 Å². The molecule has 2 unspecified atom stereocenters. The molecule has 0 radical (unpaired) electrons. The number of anilines is 2. The maximum absolute atomic E-state index is 5.95. The molecule has 2 fully saturated rings. The molecule has 98 valence electrons. The van der Waals surface area contributed by atoms with Gasteiger partial charge in [-0.05, 0) is 36.8 Å². The van der Waals surface area contributed by atoms with Crippen LogP contribution in [0, 0.1) is 5.92 Å². The zero-order valence-electron chi connectivity index (χ0n) is 10.6. The van der Waals surface area contributed by atoms with Gasteiger partial charge in [0.2, 0.25) is 17.2 Å². The SMILES string of the molecule is CNc1nc(Cl)nc(N2CCC3CCCCC32)n1. The molecule has 1 aliphatic carbocycles. The zero-order chi connectivity index (χ0) is 12.5. The van der Waals surface area contributed by atoms with Crippen molar-refractivity contribution in [3.05, 3.63) is 5.28 Å². The number of nitrogens with zero attached hydrogens (tertiary/aromatic N) is 4. The molecular weight excluding hydrogens is 250 g/mol. The average molecular weight is 268 g/mol. The van der Waals surface area contributed by atoms with Crippen LogP contribution in [-0.2, 0) is 0 Å². The molecule has 1 aliphatic heterocycles. The highest BCUT2D eigenvalue weighted by Gasteiger charge is 2.37. The molecule has 0 spiro atoms. The van der Waals surface area contributed by atoms with Crippen LogP contribution in [0.3, 0.4) is 0 Å². The fraction of sp³-hybridized carbons (Fsp3) is 0.750. The quantitative estimate of drug-likeness (QED) is 0.891. The Labute approximate surface area is 112 Å². The standard InChI is InChI=1S/C12H18ClN5/c1-14-11-15-10(13)16-12(17-11)18-7-6-8-4-2-3-5-9(8)18/h8-9H,2-7H2,1H3,(H,14,15,16,17). The molecule has 0 amide bonds. The summed E-state index contributed by atoms with van der Waals surface area (Å²) < 4.78 is 0. The molecule has 2 atom stereocenters. The third-order valence-electron chi connectivity index (χ3n) is 4.09. The highest BCUT2D eigenvalue weighted by molar-refractivity contribution is 6.28. The first-order chi connectivity index (χ1) is 8.78. The lowest BCUT2D eigenvalue weighted by Gasteiger charge is -2.31. The van der Waals surface area contributed by atoms with E-state index in [1.807, 2.05) is 0 Å². The number of halogens is 1. The minimum atomic E-state index is 0.267. The lowest BCUT2D eigenvalue weighted by atomic mass is 9.85. The molecule has 1 aromatic rings. The first kappa shape index (κ1) is 12.0. The van der Waals surface area contributed by atoms with Gasteiger partial charge in [-0.2, -0.15) is 15.0 Å². The minimum absolute atomic E-state index is 0.267. The Morgan fingerprint density at radius 1 is 1.17 bits per heavy atom. The van der Waals surface area contributed by atoms with E-state index in [0.717, 1.165) is 18.4 Å². The summed E-state index contributed by atoms with van der Waals surface area (Å²) in [5, 5.41) is 3.20. The highest BCUT2D eigenvalue weighted by atomic mass is 35.5. The van der Waals surface area contributed by atoms with E-state index < -0.39 is 0 Å². The molecule has 1 aromatic heterocycles. The normalized spacial score (nSPS) is 27.1. The minimum Gasteiger partial charge on any atom is -0.357 e. The molecule has 0 bridgehead atoms. The Kier molecular flexibility index (Phi) is 3.24. The fourth-order valence-electron chi connectivity index (χ4n) is 3.23. The van der Waals surface area contributed by atoms with Crippen LogP contribution in [0.1, 0.15) is 32.1 Å². The van der Waals surface area contributed by atoms with Crippen molar-refractivity contribution in [2.45, 2.75) is 38.1 Å². The van der Waals surface area contributed by atoms with Crippen molar-refractivity contribution in [2.24, 2.45) is 5.92 Å². The van der Waals surface area contributed by atoms with Crippen LogP contribution in [0.15, 0.2) is 0 Å². The van der Waals surface area contributed by atoms with E-state index in [9.17, 15) is 0 Å². The summed E-state index contributed by atoms with van der Waals surface area (Å²) in [5.41, 5.74) is 0. The van der Waals surface area contributed by atoms with E-state index in [4.69, 9.17) is 11.6 Å². The van der Waals surface area contributed by atoms with Crippen LogP contribution in [-0.4, -0.2) is 34.6 Å². The van der Waals surface area contributed by atoms with Crippen molar-refractivity contribution in [2.75, 3.05) is 23.8 Å². The van der Waals surface area contributed by atoms with Gasteiger partial charge < -0.3 is 10.2 Å². The third kappa shape index (κ3) is 2.11. The number of aromatic nitrogens is 3. The topological polar surface area (TPSA) is 53.9 Å². The van der Waals surface area contributed by atoms with Gasteiger partial charge in [-0.3, -0.25) is 0 Å². The summed E-state index contributed by atoms with van der Waals surface area (Å²) in [6.45, 7) is 1.04. The van der Waals surface area contributed by atoms with Crippen molar-refractivity contribution >= 4 is 23.5 Å². The van der Waals surface area contributed by atoms with E-state index in [-0.39, 0.29) is 5.28 Å². The number of hydrogen-bond donors (Lipinski definition) is 1. The second-order valence-electron chi connectivity index (χ2n) is 5.07. The average Bonchev–Trinajstić information content (AvgIpc) is 2.81. The summed E-state index contributed by atoms with van der Waals surface area (Å²) in [7, 11) is 1.79. The highest BCUT2D eigenvalue weighted by Crippen LogP contribution is 2.37. The van der Waals surface area contributed by atoms with Gasteiger partial charge in [0, 0.05) is 19.6 Å². The summed E-state index contributed by atoms with van der Waals surface area (Å²) in [6, 6.07) is 0.599. The molecule has 18 heavy (non-hydrogen) atoms. The Morgan fingerprint density at radius 2 is 2.00 bits per heavy atom. The Bertz CT molecular complexity index is 438. The van der Waals surface area contributed by atoms with Gasteiger partial charge >= 0.3 is 0 Å². The van der Waals surface area contributed by atoms with E-state index in [1.54, 1.807) is 7.05 Å². The molecule has 3 rings (SSSR count). The Morgan fingerprint density at radius 3 is 2.83 bits per heavy atom. The van der Waals surface area contributed by atoms with Crippen molar-refractivity contribution < 1.29 is 0 Å². The molecule has 6 heteroatoms. The van der Waals surface area contributed by atoms with Crippen molar-refractivity contribution in [1.29, 1.82) is 0 Å². The van der Waals surface area contributed by atoms with Crippen molar-refractivity contribution in [3.8, 4) is 0 Å². The number of rotatable bonds is 2. The first-order valence-electron chi connectivity index (χ1n) is 6.64. The molecular formula is C12H18ClN5. The van der Waals surface area contributed by atoms with E-state index in [2.05, 4.69) is 25.2 Å². The number of fused-ring (bicyclic) bond motifs is 1. The van der Waals surface area contributed by atoms with Crippen molar-refractivity contribution in [3.63, 3.8) is 0 Å². The molecule has 5 nitrogen and oxygen atoms in total. The summed E-state index contributed by atoms with van der Waals surface area (Å²) in [4.78, 5) is 15.1. The van der Waals surface area contributed by atoms with Gasteiger partial charge in [0.05, 0.1) is 0 Å². The van der Waals surface area contributed by atoms with Gasteiger partial charge in [-0.1, -0.05) is 12.8 Å². The van der Waals surface area contributed by atoms with Gasteiger partial charge in [0.15, 0.2) is 0 Å². The summed E-state index contributed by atoms with van der Waals surface area (Å²) in [6.07, 6.45) is 6.54. The Hall–Kier alpha value is -1.10. The van der Waals surface area contributed by atoms with Crippen LogP contribution in [0.2, 0.25) is 5.28 Å². The first-order valence-corrected chi connectivity index (χ1v) is 7.01. The maximum atomic E-state index is 5.95. The molecule has 1 saturated carbocycles. The van der Waals surface area contributed by atoms with E-state index >= 15 is 0 Å². The Balaban J connectivity index is 1.88. The lowest BCUT2D eigenvalue weighted by molar-refractivity contribution is 0.340. The van der Waals surface area contributed by atoms with Crippen LogP contribution >= 0.6 is 11.6 Å². The van der Waals surface area contributed by atoms with Crippen LogP contribution in [0.5, 0.6) is 0 Å². The largest absolute Gasteiger partial charge is 0.357 e. The second kappa shape index (κ2) is 4.88. The molecule has 1 saturated heterocycles. The second-order valence-corrected chi connectivity index (χ2v) is 5.41. The zero-order valence-corrected chi connectivity index (χ0v) is 11.3. The maximum Gasteiger partial charge on any atom is 0.231 e. The third-order valence-corrected chi connectivity index (χ3v) is 4.26. The van der Waals surface area contributed by atoms with Gasteiger partial charge in [0.1, 0.15) is 0 Å². The fourth-order valence-corrected chi connectivity index (χ4v) is 3.39. The number of hydrogen-bond acceptors (Lipinski definition) is 5. The smallest absolute Gasteiger partial charge is 0.231 e. The molecule has 1 N–H and O–H groups in total. The van der Waals surface area contributed by atoms with Crippen LogP contribution in [0.25, 0.3) is 0 Å². The number of nitrogens with one attached hydrogen (secondary N) is 1. The van der Waals surface area contributed by atoms with Crippen molar-refractivity contribution in [1.82, 2.24) is 15.0 Å². The molecule has 2 aliphatic rings. The van der Waals surface area contributed by atoms with Crippen LogP contribution < -0.4 is 10.2 Å². The van der Waals surface area contributed by atoms with Gasteiger partial charge in [-0.15, -0.1) is 0 Å². The molecule has 2 heterocycles. The van der Waals surface area contributed by atoms with Gasteiger partial charge in [-0.25, -0.2) is 0 Å². The molecule has 0 aromatic carbocycles. The summed E-state index contributed by atoms with van der Waals surface area (Å²) in [5.74, 6) is 2.09. The van der Waals surface area contributed by atoms with Crippen LogP contribution in [0.4, 0.5) is 11.9 Å². The lowest BCUT2D eigenvalue weighted by Crippen LogP contribution is -2.36. The monoisotopic (exact) mass is 267 g/mol. The predicted molar refractivity (Wildman–Crippen MR) is 72.1 cm³/mol. The van der Waals surface area contributed by atoms with E-state index in [1.165, 1.54) is 32.1 Å². The van der Waals surface area contributed by atoms with Gasteiger partial charge in [0.25, 0.3) is 0 Å².